The maximum Gasteiger partial charge on any atom is 0.174 e. The molecular formula is C23H30N4O3. The van der Waals surface area contributed by atoms with E-state index in [1.807, 2.05) is 42.5 Å². The number of ketones is 1. The molecule has 3 N–H and O–H groups in total. The van der Waals surface area contributed by atoms with E-state index in [2.05, 4.69) is 26.7 Å². The van der Waals surface area contributed by atoms with Crippen LogP contribution in [0, 0.1) is 11.8 Å². The van der Waals surface area contributed by atoms with Gasteiger partial charge in [0.25, 0.3) is 0 Å². The lowest BCUT2D eigenvalue weighted by molar-refractivity contribution is -0.121. The van der Waals surface area contributed by atoms with E-state index in [1.165, 1.54) is 5.56 Å². The number of Topliss-reactive ketones (excluding diaryl/α,β-unsaturated/α-hetero) is 1. The van der Waals surface area contributed by atoms with Crippen LogP contribution in [-0.4, -0.2) is 48.8 Å². The SMILES string of the molecule is O=C1CC(O)C(C=CC(O)CCc2ccccc2)C1C/C=C\CCCc1nn[nH]n1. The number of rotatable bonds is 11. The van der Waals surface area contributed by atoms with Crippen molar-refractivity contribution in [3.05, 3.63) is 66.0 Å². The zero-order valence-corrected chi connectivity index (χ0v) is 17.1. The first-order valence-electron chi connectivity index (χ1n) is 10.6. The zero-order chi connectivity index (χ0) is 21.2. The molecule has 1 aromatic carbocycles. The second kappa shape index (κ2) is 11.5. The van der Waals surface area contributed by atoms with E-state index in [0.717, 1.165) is 25.7 Å². The number of carbonyl (C=O) groups excluding carboxylic acids is 1. The number of hydrogen-bond donors (Lipinski definition) is 3. The van der Waals surface area contributed by atoms with Gasteiger partial charge >= 0.3 is 0 Å². The smallest absolute Gasteiger partial charge is 0.174 e. The van der Waals surface area contributed by atoms with Crippen LogP contribution in [-0.2, 0) is 17.6 Å². The predicted molar refractivity (Wildman–Crippen MR) is 113 cm³/mol. The average Bonchev–Trinajstić information content (AvgIpc) is 3.36. The van der Waals surface area contributed by atoms with Crippen molar-refractivity contribution in [2.45, 2.75) is 57.2 Å². The van der Waals surface area contributed by atoms with Crippen molar-refractivity contribution in [2.75, 3.05) is 0 Å². The highest BCUT2D eigenvalue weighted by Crippen LogP contribution is 2.33. The Labute approximate surface area is 176 Å². The number of nitrogens with one attached hydrogen (secondary N) is 1. The number of unbranched alkanes of at least 4 members (excludes halogenated alkanes) is 1. The molecule has 1 aromatic heterocycles. The van der Waals surface area contributed by atoms with Crippen molar-refractivity contribution in [1.29, 1.82) is 0 Å². The van der Waals surface area contributed by atoms with Gasteiger partial charge in [0.05, 0.1) is 12.2 Å². The van der Waals surface area contributed by atoms with Crippen LogP contribution in [0.2, 0.25) is 0 Å². The van der Waals surface area contributed by atoms with Crippen LogP contribution in [0.1, 0.15) is 43.5 Å². The summed E-state index contributed by atoms with van der Waals surface area (Å²) in [5.74, 6) is 0.319. The highest BCUT2D eigenvalue weighted by atomic mass is 16.3. The second-order valence-electron chi connectivity index (χ2n) is 7.83. The number of H-pyrrole nitrogens is 1. The minimum Gasteiger partial charge on any atom is -0.392 e. The van der Waals surface area contributed by atoms with Crippen molar-refractivity contribution in [3.8, 4) is 0 Å². The number of aromatic nitrogens is 4. The topological polar surface area (TPSA) is 112 Å². The molecule has 0 spiro atoms. The van der Waals surface area contributed by atoms with Crippen molar-refractivity contribution in [3.63, 3.8) is 0 Å². The number of nitrogens with zero attached hydrogens (tertiary/aromatic N) is 3. The maximum atomic E-state index is 12.3. The standard InChI is InChI=1S/C23H30N4O3/c28-18(13-12-17-8-4-3-5-9-17)14-15-20-19(21(29)16-22(20)30)10-6-1-2-7-11-23-24-26-27-25-23/h1,3-6,8-9,14-15,18-20,22,28,30H,2,7,10-13,16H2,(H,24,25,26,27)/b6-1-,15-14?. The normalized spacial score (nSPS) is 23.0. The molecule has 3 rings (SSSR count). The Bertz CT molecular complexity index is 820. The molecule has 0 aliphatic heterocycles. The lowest BCUT2D eigenvalue weighted by Crippen LogP contribution is -2.19. The molecule has 7 nitrogen and oxygen atoms in total. The molecule has 160 valence electrons. The van der Waals surface area contributed by atoms with Crippen molar-refractivity contribution >= 4 is 5.78 Å². The molecule has 1 heterocycles. The van der Waals surface area contributed by atoms with Gasteiger partial charge in [-0.1, -0.05) is 59.8 Å². The van der Waals surface area contributed by atoms with Gasteiger partial charge in [0.2, 0.25) is 0 Å². The fraction of sp³-hybridized carbons (Fsp3) is 0.478. The van der Waals surface area contributed by atoms with E-state index < -0.39 is 12.2 Å². The summed E-state index contributed by atoms with van der Waals surface area (Å²) >= 11 is 0. The van der Waals surface area contributed by atoms with Gasteiger partial charge in [0.15, 0.2) is 5.82 Å². The van der Waals surface area contributed by atoms with Gasteiger partial charge < -0.3 is 10.2 Å². The van der Waals surface area contributed by atoms with Crippen LogP contribution in [0.25, 0.3) is 0 Å². The Morgan fingerprint density at radius 2 is 2.03 bits per heavy atom. The fourth-order valence-electron chi connectivity index (χ4n) is 3.87. The van der Waals surface area contributed by atoms with E-state index >= 15 is 0 Å². The summed E-state index contributed by atoms with van der Waals surface area (Å²) in [4.78, 5) is 12.3. The van der Waals surface area contributed by atoms with Crippen LogP contribution in [0.15, 0.2) is 54.6 Å². The summed E-state index contributed by atoms with van der Waals surface area (Å²) in [7, 11) is 0. The first kappa shape index (κ1) is 22.1. The highest BCUT2D eigenvalue weighted by molar-refractivity contribution is 5.84. The quantitative estimate of drug-likeness (QED) is 0.388. The minimum absolute atomic E-state index is 0.0902. The van der Waals surface area contributed by atoms with E-state index in [1.54, 1.807) is 6.08 Å². The minimum atomic E-state index is -0.674. The van der Waals surface area contributed by atoms with Gasteiger partial charge in [-0.3, -0.25) is 4.79 Å². The number of aliphatic hydroxyl groups is 2. The van der Waals surface area contributed by atoms with Gasteiger partial charge in [-0.15, -0.1) is 10.2 Å². The predicted octanol–water partition coefficient (Wildman–Crippen LogP) is 2.58. The Morgan fingerprint density at radius 1 is 1.20 bits per heavy atom. The molecular weight excluding hydrogens is 380 g/mol. The summed E-state index contributed by atoms with van der Waals surface area (Å²) in [6.45, 7) is 0. The van der Waals surface area contributed by atoms with Gasteiger partial charge in [-0.25, -0.2) is 0 Å². The average molecular weight is 411 g/mol. The second-order valence-corrected chi connectivity index (χ2v) is 7.83. The number of aryl methyl sites for hydroxylation is 2. The number of benzene rings is 1. The number of carbonyl (C=O) groups is 1. The molecule has 0 radical (unpaired) electrons. The van der Waals surface area contributed by atoms with Crippen molar-refractivity contribution < 1.29 is 15.0 Å². The monoisotopic (exact) mass is 410 g/mol. The summed E-state index contributed by atoms with van der Waals surface area (Å²) in [5, 5.41) is 34.4. The van der Waals surface area contributed by atoms with Crippen molar-refractivity contribution in [2.24, 2.45) is 11.8 Å². The molecule has 1 saturated carbocycles. The Hall–Kier alpha value is -2.64. The van der Waals surface area contributed by atoms with Crippen molar-refractivity contribution in [1.82, 2.24) is 20.6 Å². The Balaban J connectivity index is 1.44. The molecule has 1 aliphatic carbocycles. The third-order valence-electron chi connectivity index (χ3n) is 5.58. The van der Waals surface area contributed by atoms with Crippen LogP contribution >= 0.6 is 0 Å². The highest BCUT2D eigenvalue weighted by Gasteiger charge is 2.39. The molecule has 0 amide bonds. The summed E-state index contributed by atoms with van der Waals surface area (Å²) in [6.07, 6.45) is 11.1. The van der Waals surface area contributed by atoms with Gasteiger partial charge in [-0.2, -0.15) is 5.21 Å². The van der Waals surface area contributed by atoms with E-state index in [0.29, 0.717) is 18.7 Å². The molecule has 1 fully saturated rings. The van der Waals surface area contributed by atoms with Crippen LogP contribution in [0.4, 0.5) is 0 Å². The molecule has 0 bridgehead atoms. The number of aromatic amines is 1. The summed E-state index contributed by atoms with van der Waals surface area (Å²) in [5.41, 5.74) is 1.18. The number of aliphatic hydroxyl groups excluding tert-OH is 2. The lowest BCUT2D eigenvalue weighted by Gasteiger charge is -2.16. The molecule has 7 heteroatoms. The van der Waals surface area contributed by atoms with Crippen LogP contribution in [0.5, 0.6) is 0 Å². The molecule has 1 aliphatic rings. The third kappa shape index (κ3) is 6.71. The molecule has 4 atom stereocenters. The molecule has 0 saturated heterocycles. The maximum absolute atomic E-state index is 12.3. The fourth-order valence-corrected chi connectivity index (χ4v) is 3.87. The first-order valence-corrected chi connectivity index (χ1v) is 10.6. The number of tetrazole rings is 1. The van der Waals surface area contributed by atoms with E-state index in [-0.39, 0.29) is 24.0 Å². The number of allylic oxidation sites excluding steroid dienone is 2. The lowest BCUT2D eigenvalue weighted by atomic mass is 9.90. The van der Waals surface area contributed by atoms with Gasteiger partial charge in [0, 0.05) is 24.7 Å². The molecule has 30 heavy (non-hydrogen) atoms. The van der Waals surface area contributed by atoms with Gasteiger partial charge in [-0.05, 0) is 37.7 Å². The van der Waals surface area contributed by atoms with E-state index in [9.17, 15) is 15.0 Å². The number of hydrogen-bond acceptors (Lipinski definition) is 6. The summed E-state index contributed by atoms with van der Waals surface area (Å²) in [6, 6.07) is 10.0. The van der Waals surface area contributed by atoms with Crippen LogP contribution in [0.3, 0.4) is 0 Å². The Kier molecular flexibility index (Phi) is 8.47. The molecule has 2 aromatic rings. The summed E-state index contributed by atoms with van der Waals surface area (Å²) < 4.78 is 0. The first-order chi connectivity index (χ1) is 14.6. The zero-order valence-electron chi connectivity index (χ0n) is 17.1. The van der Waals surface area contributed by atoms with Gasteiger partial charge in [0.1, 0.15) is 5.78 Å². The Morgan fingerprint density at radius 3 is 2.80 bits per heavy atom. The largest absolute Gasteiger partial charge is 0.392 e. The van der Waals surface area contributed by atoms with Crippen LogP contribution < -0.4 is 0 Å². The molecule has 4 unspecified atom stereocenters. The van der Waals surface area contributed by atoms with E-state index in [4.69, 9.17) is 0 Å². The third-order valence-corrected chi connectivity index (χ3v) is 5.58.